The molecular formula is C12H20N2O5S. The van der Waals surface area contributed by atoms with Gasteiger partial charge in [0.1, 0.15) is 0 Å². The number of aliphatic carboxylic acids is 1. The lowest BCUT2D eigenvalue weighted by molar-refractivity contribution is -0.136. The number of nitrogens with zero attached hydrogens (tertiary/aromatic N) is 1. The number of carboxylic acid groups (broad SMARTS) is 1. The summed E-state index contributed by atoms with van der Waals surface area (Å²) in [6, 6.07) is 0.0361. The number of hydrogen-bond acceptors (Lipinski definition) is 4. The number of hydrogen-bond donors (Lipinski definition) is 2. The van der Waals surface area contributed by atoms with Crippen LogP contribution in [0.2, 0.25) is 0 Å². The molecule has 0 aromatic heterocycles. The van der Waals surface area contributed by atoms with Crippen molar-refractivity contribution in [1.82, 2.24) is 9.62 Å². The van der Waals surface area contributed by atoms with Crippen LogP contribution >= 0.6 is 0 Å². The summed E-state index contributed by atoms with van der Waals surface area (Å²) in [4.78, 5) is 22.1. The summed E-state index contributed by atoms with van der Waals surface area (Å²) >= 11 is 0. The van der Waals surface area contributed by atoms with E-state index in [0.29, 0.717) is 25.9 Å². The largest absolute Gasteiger partial charge is 0.481 e. The van der Waals surface area contributed by atoms with E-state index in [0.717, 1.165) is 12.8 Å². The van der Waals surface area contributed by atoms with Gasteiger partial charge in [-0.25, -0.2) is 12.7 Å². The van der Waals surface area contributed by atoms with Gasteiger partial charge in [0.25, 0.3) is 0 Å². The maximum atomic E-state index is 11.9. The zero-order valence-corrected chi connectivity index (χ0v) is 12.1. The second-order valence-electron chi connectivity index (χ2n) is 5.42. The molecular weight excluding hydrogens is 284 g/mol. The fourth-order valence-corrected chi connectivity index (χ4v) is 3.75. The standard InChI is InChI=1S/C12H20N2O5S/c15-11(16)5-8-20(18,19)14-6-3-10(4-7-14)13-12(17)9-1-2-9/h9-10H,1-8H2,(H,13,17)(H,15,16). The van der Waals surface area contributed by atoms with Gasteiger partial charge in [-0.15, -0.1) is 0 Å². The normalized spacial score (nSPS) is 21.6. The van der Waals surface area contributed by atoms with E-state index < -0.39 is 16.0 Å². The number of carbonyl (C=O) groups excluding carboxylic acids is 1. The molecule has 20 heavy (non-hydrogen) atoms. The molecule has 0 bridgehead atoms. The number of sulfonamides is 1. The highest BCUT2D eigenvalue weighted by molar-refractivity contribution is 7.89. The third kappa shape index (κ3) is 4.17. The second kappa shape index (κ2) is 6.09. The molecule has 0 aromatic rings. The Morgan fingerprint density at radius 1 is 1.15 bits per heavy atom. The summed E-state index contributed by atoms with van der Waals surface area (Å²) in [5.74, 6) is -1.23. The van der Waals surface area contributed by atoms with Crippen molar-refractivity contribution in [2.75, 3.05) is 18.8 Å². The summed E-state index contributed by atoms with van der Waals surface area (Å²) in [5.41, 5.74) is 0. The first-order valence-corrected chi connectivity index (χ1v) is 8.49. The van der Waals surface area contributed by atoms with Crippen molar-refractivity contribution < 1.29 is 23.1 Å². The van der Waals surface area contributed by atoms with Crippen LogP contribution in [0.1, 0.15) is 32.1 Å². The Hall–Kier alpha value is -1.15. The molecule has 1 saturated heterocycles. The van der Waals surface area contributed by atoms with Crippen LogP contribution in [0.3, 0.4) is 0 Å². The Labute approximate surface area is 118 Å². The predicted molar refractivity (Wildman–Crippen MR) is 71.5 cm³/mol. The summed E-state index contributed by atoms with van der Waals surface area (Å²) in [6.07, 6.45) is 2.71. The van der Waals surface area contributed by atoms with Crippen LogP contribution in [-0.2, 0) is 19.6 Å². The first kappa shape index (κ1) is 15.2. The lowest BCUT2D eigenvalue weighted by atomic mass is 10.1. The lowest BCUT2D eigenvalue weighted by Crippen LogP contribution is -2.47. The summed E-state index contributed by atoms with van der Waals surface area (Å²) in [7, 11) is -3.49. The number of rotatable bonds is 6. The molecule has 2 N–H and O–H groups in total. The molecule has 1 aliphatic carbocycles. The van der Waals surface area contributed by atoms with Crippen LogP contribution in [0.5, 0.6) is 0 Å². The van der Waals surface area contributed by atoms with Crippen molar-refractivity contribution in [2.45, 2.75) is 38.1 Å². The summed E-state index contributed by atoms with van der Waals surface area (Å²) in [6.45, 7) is 0.690. The van der Waals surface area contributed by atoms with Gasteiger partial charge in [0, 0.05) is 25.0 Å². The second-order valence-corrected chi connectivity index (χ2v) is 7.50. The zero-order chi connectivity index (χ0) is 14.8. The zero-order valence-electron chi connectivity index (χ0n) is 11.2. The highest BCUT2D eigenvalue weighted by atomic mass is 32.2. The van der Waals surface area contributed by atoms with Crippen molar-refractivity contribution >= 4 is 21.9 Å². The van der Waals surface area contributed by atoms with Crippen molar-refractivity contribution in [1.29, 1.82) is 0 Å². The fraction of sp³-hybridized carbons (Fsp3) is 0.833. The van der Waals surface area contributed by atoms with E-state index in [2.05, 4.69) is 5.32 Å². The maximum Gasteiger partial charge on any atom is 0.304 e. The van der Waals surface area contributed by atoms with Crippen molar-refractivity contribution in [3.63, 3.8) is 0 Å². The van der Waals surface area contributed by atoms with Crippen molar-refractivity contribution in [2.24, 2.45) is 5.92 Å². The predicted octanol–water partition coefficient (Wildman–Crippen LogP) is -0.218. The lowest BCUT2D eigenvalue weighted by Gasteiger charge is -2.31. The Balaban J connectivity index is 1.77. The topological polar surface area (TPSA) is 104 Å². The molecule has 0 atom stereocenters. The summed E-state index contributed by atoms with van der Waals surface area (Å²) in [5, 5.41) is 11.5. The van der Waals surface area contributed by atoms with Crippen molar-refractivity contribution in [3.8, 4) is 0 Å². The van der Waals surface area contributed by atoms with E-state index in [1.807, 2.05) is 0 Å². The van der Waals surface area contributed by atoms with Crippen LogP contribution in [0.15, 0.2) is 0 Å². The molecule has 0 aromatic carbocycles. The van der Waals surface area contributed by atoms with Crippen LogP contribution in [0.4, 0.5) is 0 Å². The molecule has 7 nitrogen and oxygen atoms in total. The van der Waals surface area contributed by atoms with E-state index in [4.69, 9.17) is 5.11 Å². The number of carboxylic acids is 1. The van der Waals surface area contributed by atoms with Crippen LogP contribution in [-0.4, -0.2) is 54.6 Å². The van der Waals surface area contributed by atoms with Crippen molar-refractivity contribution in [3.05, 3.63) is 0 Å². The Morgan fingerprint density at radius 3 is 2.25 bits per heavy atom. The van der Waals surface area contributed by atoms with E-state index >= 15 is 0 Å². The first-order chi connectivity index (χ1) is 9.38. The van der Waals surface area contributed by atoms with Gasteiger partial charge < -0.3 is 10.4 Å². The Kier molecular flexibility index (Phi) is 4.64. The number of amides is 1. The minimum Gasteiger partial charge on any atom is -0.481 e. The van der Waals surface area contributed by atoms with E-state index in [1.54, 1.807) is 0 Å². The fourth-order valence-electron chi connectivity index (χ4n) is 2.29. The van der Waals surface area contributed by atoms with Gasteiger partial charge in [0.2, 0.25) is 15.9 Å². The highest BCUT2D eigenvalue weighted by Crippen LogP contribution is 2.29. The van der Waals surface area contributed by atoms with Gasteiger partial charge in [-0.05, 0) is 25.7 Å². The van der Waals surface area contributed by atoms with Gasteiger partial charge in [-0.2, -0.15) is 0 Å². The average Bonchev–Trinajstić information content (AvgIpc) is 3.21. The van der Waals surface area contributed by atoms with Gasteiger partial charge >= 0.3 is 5.97 Å². The minimum absolute atomic E-state index is 0.0361. The molecule has 2 rings (SSSR count). The first-order valence-electron chi connectivity index (χ1n) is 6.88. The molecule has 1 heterocycles. The van der Waals surface area contributed by atoms with Gasteiger partial charge in [-0.1, -0.05) is 0 Å². The summed E-state index contributed by atoms with van der Waals surface area (Å²) < 4.78 is 25.2. The molecule has 0 unspecified atom stereocenters. The molecule has 8 heteroatoms. The highest BCUT2D eigenvalue weighted by Gasteiger charge is 2.33. The maximum absolute atomic E-state index is 11.9. The average molecular weight is 304 g/mol. The van der Waals surface area contributed by atoms with Crippen LogP contribution in [0.25, 0.3) is 0 Å². The smallest absolute Gasteiger partial charge is 0.304 e. The molecule has 0 radical (unpaired) electrons. The molecule has 0 spiro atoms. The van der Waals surface area contributed by atoms with E-state index in [-0.39, 0.29) is 30.0 Å². The van der Waals surface area contributed by atoms with Crippen LogP contribution < -0.4 is 5.32 Å². The molecule has 1 amide bonds. The molecule has 1 aliphatic heterocycles. The minimum atomic E-state index is -3.49. The molecule has 2 aliphatic rings. The monoisotopic (exact) mass is 304 g/mol. The number of piperidine rings is 1. The third-order valence-corrected chi connectivity index (χ3v) is 5.59. The molecule has 2 fully saturated rings. The molecule has 1 saturated carbocycles. The van der Waals surface area contributed by atoms with Gasteiger partial charge in [0.15, 0.2) is 0 Å². The quantitative estimate of drug-likeness (QED) is 0.706. The molecule has 114 valence electrons. The SMILES string of the molecule is O=C(O)CCS(=O)(=O)N1CCC(NC(=O)C2CC2)CC1. The Morgan fingerprint density at radius 2 is 1.75 bits per heavy atom. The number of nitrogens with one attached hydrogen (secondary N) is 1. The number of carbonyl (C=O) groups is 2. The van der Waals surface area contributed by atoms with Gasteiger partial charge in [0.05, 0.1) is 12.2 Å². The van der Waals surface area contributed by atoms with Gasteiger partial charge in [-0.3, -0.25) is 9.59 Å². The van der Waals surface area contributed by atoms with E-state index in [9.17, 15) is 18.0 Å². The third-order valence-electron chi connectivity index (χ3n) is 3.72. The van der Waals surface area contributed by atoms with Crippen LogP contribution in [0, 0.1) is 5.92 Å². The van der Waals surface area contributed by atoms with E-state index in [1.165, 1.54) is 4.31 Å². The Bertz CT molecular complexity index is 478.